The number of aromatic nitrogens is 2. The van der Waals surface area contributed by atoms with Gasteiger partial charge < -0.3 is 10.1 Å². The molecule has 0 spiro atoms. The van der Waals surface area contributed by atoms with E-state index in [1.807, 2.05) is 6.07 Å². The van der Waals surface area contributed by atoms with E-state index in [9.17, 15) is 10.0 Å². The van der Waals surface area contributed by atoms with Gasteiger partial charge in [-0.1, -0.05) is 0 Å². The second kappa shape index (κ2) is 3.77. The zero-order valence-electron chi connectivity index (χ0n) is 8.98. The molecule has 2 aromatic heterocycles. The number of nitrogens with zero attached hydrogens (tertiary/aromatic N) is 2. The number of rotatable bonds is 2. The molecule has 2 heterocycles. The van der Waals surface area contributed by atoms with Crippen LogP contribution in [0.25, 0.3) is 16.6 Å². The minimum atomic E-state index is 0.00852. The van der Waals surface area contributed by atoms with Gasteiger partial charge in [-0.15, -0.1) is 4.91 Å². The third-order valence-electron chi connectivity index (χ3n) is 2.61. The number of H-pyrrole nitrogens is 1. The Balaban J connectivity index is 2.78. The van der Waals surface area contributed by atoms with Crippen LogP contribution in [0.5, 0.6) is 5.88 Å². The number of aromatic amines is 1. The maximum absolute atomic E-state index is 10.5. The van der Waals surface area contributed by atoms with Crippen LogP contribution in [-0.2, 0) is 0 Å². The average molecular weight is 217 g/mol. The molecule has 5 nitrogen and oxygen atoms in total. The van der Waals surface area contributed by atoms with Gasteiger partial charge >= 0.3 is 0 Å². The molecule has 0 saturated heterocycles. The van der Waals surface area contributed by atoms with Crippen LogP contribution in [0.2, 0.25) is 0 Å². The Morgan fingerprint density at radius 2 is 2.25 bits per heavy atom. The summed E-state index contributed by atoms with van der Waals surface area (Å²) >= 11 is 0. The highest BCUT2D eigenvalue weighted by molar-refractivity contribution is 5.93. The number of nitrogens with one attached hydrogen (secondary N) is 1. The monoisotopic (exact) mass is 217 g/mol. The van der Waals surface area contributed by atoms with E-state index >= 15 is 0 Å². The van der Waals surface area contributed by atoms with Crippen molar-refractivity contribution in [2.45, 2.75) is 13.8 Å². The fourth-order valence-corrected chi connectivity index (χ4v) is 1.64. The summed E-state index contributed by atoms with van der Waals surface area (Å²) in [6.07, 6.45) is 1.63. The lowest BCUT2D eigenvalue weighted by Crippen LogP contribution is -1.82. The first kappa shape index (κ1) is 10.4. The highest BCUT2D eigenvalue weighted by Gasteiger charge is 2.14. The van der Waals surface area contributed by atoms with Crippen LogP contribution in [0.4, 0.5) is 0 Å². The van der Waals surface area contributed by atoms with E-state index in [1.54, 1.807) is 26.1 Å². The molecule has 5 heteroatoms. The summed E-state index contributed by atoms with van der Waals surface area (Å²) in [4.78, 5) is 17.3. The third-order valence-corrected chi connectivity index (χ3v) is 2.61. The van der Waals surface area contributed by atoms with Crippen LogP contribution in [0.3, 0.4) is 0 Å². The van der Waals surface area contributed by atoms with Crippen molar-refractivity contribution >= 4 is 16.6 Å². The summed E-state index contributed by atoms with van der Waals surface area (Å²) in [5, 5.41) is 13.4. The largest absolute Gasteiger partial charge is 0.494 e. The molecule has 0 atom stereocenters. The van der Waals surface area contributed by atoms with Crippen LogP contribution in [0.15, 0.2) is 29.2 Å². The van der Waals surface area contributed by atoms with Crippen molar-refractivity contribution in [3.8, 4) is 5.88 Å². The molecule has 0 aliphatic heterocycles. The lowest BCUT2D eigenvalue weighted by Gasteiger charge is -2.00. The Morgan fingerprint density at radius 1 is 1.50 bits per heavy atom. The van der Waals surface area contributed by atoms with Gasteiger partial charge in [0.05, 0.1) is 11.3 Å². The van der Waals surface area contributed by atoms with Gasteiger partial charge in [-0.3, -0.25) is 0 Å². The quantitative estimate of drug-likeness (QED) is 0.759. The van der Waals surface area contributed by atoms with Gasteiger partial charge in [0.15, 0.2) is 5.88 Å². The van der Waals surface area contributed by atoms with Crippen LogP contribution >= 0.6 is 0 Å². The molecular formula is C11H11N3O2. The lowest BCUT2D eigenvalue weighted by molar-refractivity contribution is 0.456. The summed E-state index contributed by atoms with van der Waals surface area (Å²) < 4.78 is 0. The predicted molar refractivity (Wildman–Crippen MR) is 61.8 cm³/mol. The number of pyridine rings is 1. The second-order valence-corrected chi connectivity index (χ2v) is 3.55. The van der Waals surface area contributed by atoms with Crippen LogP contribution < -0.4 is 0 Å². The van der Waals surface area contributed by atoms with Crippen LogP contribution in [0.1, 0.15) is 19.4 Å². The number of aromatic hydroxyl groups is 1. The lowest BCUT2D eigenvalue weighted by atomic mass is 10.1. The first-order chi connectivity index (χ1) is 7.65. The topological polar surface area (TPSA) is 78.3 Å². The summed E-state index contributed by atoms with van der Waals surface area (Å²) in [6, 6.07) is 3.60. The summed E-state index contributed by atoms with van der Waals surface area (Å²) in [7, 11) is 0. The highest BCUT2D eigenvalue weighted by atomic mass is 16.3. The SMILES string of the molecule is C/C(N=O)=C(\C)c1c(O)[nH]c2ncccc12. The Kier molecular flexibility index (Phi) is 2.44. The van der Waals surface area contributed by atoms with E-state index in [1.165, 1.54) is 0 Å². The molecule has 0 radical (unpaired) electrons. The van der Waals surface area contributed by atoms with E-state index in [0.717, 1.165) is 5.39 Å². The number of hydrogen-bond donors (Lipinski definition) is 2. The van der Waals surface area contributed by atoms with Crippen LogP contribution in [-0.4, -0.2) is 15.1 Å². The molecule has 0 aromatic carbocycles. The molecule has 0 saturated carbocycles. The maximum atomic E-state index is 10.5. The average Bonchev–Trinajstić information content (AvgIpc) is 2.63. The highest BCUT2D eigenvalue weighted by Crippen LogP contribution is 2.33. The summed E-state index contributed by atoms with van der Waals surface area (Å²) in [5.41, 5.74) is 2.17. The molecular weight excluding hydrogens is 206 g/mol. The van der Waals surface area contributed by atoms with Crippen molar-refractivity contribution in [1.29, 1.82) is 0 Å². The molecule has 0 amide bonds. The van der Waals surface area contributed by atoms with Crippen molar-refractivity contribution in [1.82, 2.24) is 9.97 Å². The Bertz CT molecular complexity index is 584. The summed E-state index contributed by atoms with van der Waals surface area (Å²) in [6.45, 7) is 3.35. The van der Waals surface area contributed by atoms with Crippen molar-refractivity contribution in [3.63, 3.8) is 0 Å². The second-order valence-electron chi connectivity index (χ2n) is 3.55. The zero-order valence-corrected chi connectivity index (χ0v) is 8.98. The molecule has 0 aliphatic carbocycles. The molecule has 0 fully saturated rings. The number of nitroso groups, excluding NO2 is 1. The van der Waals surface area contributed by atoms with E-state index in [0.29, 0.717) is 22.5 Å². The predicted octanol–water partition coefficient (Wildman–Crippen LogP) is 2.79. The third kappa shape index (κ3) is 1.46. The number of hydrogen-bond acceptors (Lipinski definition) is 4. The van der Waals surface area contributed by atoms with Gasteiger partial charge in [-0.2, -0.15) is 0 Å². The van der Waals surface area contributed by atoms with Crippen molar-refractivity contribution in [2.24, 2.45) is 5.18 Å². The molecule has 2 aromatic rings. The van der Waals surface area contributed by atoms with Crippen molar-refractivity contribution in [3.05, 3.63) is 34.5 Å². The smallest absolute Gasteiger partial charge is 0.198 e. The fraction of sp³-hybridized carbons (Fsp3) is 0.182. The maximum Gasteiger partial charge on any atom is 0.198 e. The van der Waals surface area contributed by atoms with Gasteiger partial charge in [-0.05, 0) is 36.7 Å². The van der Waals surface area contributed by atoms with Gasteiger partial charge in [0.2, 0.25) is 0 Å². The van der Waals surface area contributed by atoms with Crippen molar-refractivity contribution < 1.29 is 5.11 Å². The molecule has 82 valence electrons. The Hall–Kier alpha value is -2.17. The van der Waals surface area contributed by atoms with Gasteiger partial charge in [0.25, 0.3) is 0 Å². The van der Waals surface area contributed by atoms with Gasteiger partial charge in [-0.25, -0.2) is 4.98 Å². The van der Waals surface area contributed by atoms with Crippen LogP contribution in [0, 0.1) is 4.91 Å². The number of allylic oxidation sites excluding steroid dienone is 2. The van der Waals surface area contributed by atoms with E-state index in [4.69, 9.17) is 0 Å². The number of fused-ring (bicyclic) bond motifs is 1. The Labute approximate surface area is 91.8 Å². The van der Waals surface area contributed by atoms with E-state index in [2.05, 4.69) is 15.1 Å². The first-order valence-corrected chi connectivity index (χ1v) is 4.82. The van der Waals surface area contributed by atoms with Gasteiger partial charge in [0.1, 0.15) is 5.65 Å². The summed E-state index contributed by atoms with van der Waals surface area (Å²) in [5.74, 6) is 0.00852. The van der Waals surface area contributed by atoms with E-state index in [-0.39, 0.29) is 5.88 Å². The molecule has 0 unspecified atom stereocenters. The molecule has 0 aliphatic rings. The molecule has 2 rings (SSSR count). The minimum Gasteiger partial charge on any atom is -0.494 e. The molecule has 2 N–H and O–H groups in total. The standard InChI is InChI=1S/C11H11N3O2/c1-6(7(2)14-16)9-8-4-3-5-12-10(8)13-11(9)15/h3-5,15H,1-2H3,(H,12,13)/b7-6-. The first-order valence-electron chi connectivity index (χ1n) is 4.82. The minimum absolute atomic E-state index is 0.00852. The molecule has 0 bridgehead atoms. The molecule has 16 heavy (non-hydrogen) atoms. The fourth-order valence-electron chi connectivity index (χ4n) is 1.64. The van der Waals surface area contributed by atoms with Gasteiger partial charge in [0, 0.05) is 11.6 Å². The van der Waals surface area contributed by atoms with E-state index < -0.39 is 0 Å². The van der Waals surface area contributed by atoms with Crippen molar-refractivity contribution in [2.75, 3.05) is 0 Å². The normalized spacial score (nSPS) is 12.6. The zero-order chi connectivity index (χ0) is 11.7. The Morgan fingerprint density at radius 3 is 2.94 bits per heavy atom.